The van der Waals surface area contributed by atoms with E-state index in [-0.39, 0.29) is 24.1 Å². The van der Waals surface area contributed by atoms with Crippen molar-refractivity contribution in [3.8, 4) is 17.2 Å². The molecule has 1 heterocycles. The lowest BCUT2D eigenvalue weighted by molar-refractivity contribution is -0.116. The predicted octanol–water partition coefficient (Wildman–Crippen LogP) is 5.00. The van der Waals surface area contributed by atoms with Crippen molar-refractivity contribution >= 4 is 17.4 Å². The first kappa shape index (κ1) is 20.3. The molecule has 3 aromatic rings. The van der Waals surface area contributed by atoms with Gasteiger partial charge in [0.15, 0.2) is 5.78 Å². The number of ether oxygens (including phenoxy) is 1. The van der Waals surface area contributed by atoms with E-state index in [1.165, 1.54) is 25.3 Å². The highest BCUT2D eigenvalue weighted by Gasteiger charge is 2.13. The number of anilines is 1. The number of benzene rings is 2. The van der Waals surface area contributed by atoms with Gasteiger partial charge in [-0.3, -0.25) is 9.59 Å². The fourth-order valence-electron chi connectivity index (χ4n) is 2.71. The molecule has 0 spiro atoms. The van der Waals surface area contributed by atoms with Crippen LogP contribution in [0.15, 0.2) is 53.1 Å². The SMILES string of the molecule is CCCC(=O)Nc1ccc(OCc2coc(-c3ccc(F)cc3)n2)c(C(C)=O)c1. The summed E-state index contributed by atoms with van der Waals surface area (Å²) < 4.78 is 24.2. The lowest BCUT2D eigenvalue weighted by atomic mass is 10.1. The maximum absolute atomic E-state index is 13.0. The summed E-state index contributed by atoms with van der Waals surface area (Å²) >= 11 is 0. The molecule has 0 atom stereocenters. The molecule has 2 aromatic carbocycles. The van der Waals surface area contributed by atoms with Gasteiger partial charge in [-0.25, -0.2) is 9.37 Å². The minimum Gasteiger partial charge on any atom is -0.486 e. The Hall–Kier alpha value is -3.48. The van der Waals surface area contributed by atoms with Crippen LogP contribution in [0, 0.1) is 5.82 Å². The van der Waals surface area contributed by atoms with E-state index in [0.29, 0.717) is 40.6 Å². The quantitative estimate of drug-likeness (QED) is 0.542. The zero-order valence-corrected chi connectivity index (χ0v) is 16.2. The molecule has 0 unspecified atom stereocenters. The molecule has 0 saturated carbocycles. The summed E-state index contributed by atoms with van der Waals surface area (Å²) in [5.74, 6) is 0.113. The first-order valence-electron chi connectivity index (χ1n) is 9.24. The Balaban J connectivity index is 1.70. The Morgan fingerprint density at radius 3 is 2.62 bits per heavy atom. The molecule has 29 heavy (non-hydrogen) atoms. The van der Waals surface area contributed by atoms with Crippen molar-refractivity contribution in [3.63, 3.8) is 0 Å². The molecule has 0 fully saturated rings. The van der Waals surface area contributed by atoms with Crippen LogP contribution in [0.1, 0.15) is 42.7 Å². The van der Waals surface area contributed by atoms with Gasteiger partial charge in [-0.1, -0.05) is 6.92 Å². The summed E-state index contributed by atoms with van der Waals surface area (Å²) in [5, 5.41) is 2.76. The van der Waals surface area contributed by atoms with Gasteiger partial charge in [0.2, 0.25) is 11.8 Å². The summed E-state index contributed by atoms with van der Waals surface area (Å²) in [7, 11) is 0. The number of rotatable bonds is 8. The minimum absolute atomic E-state index is 0.0898. The zero-order valence-electron chi connectivity index (χ0n) is 16.2. The third-order valence-corrected chi connectivity index (χ3v) is 4.14. The van der Waals surface area contributed by atoms with Crippen LogP contribution in [-0.2, 0) is 11.4 Å². The average molecular weight is 396 g/mol. The molecule has 3 rings (SSSR count). The second kappa shape index (κ2) is 9.14. The molecular weight excluding hydrogens is 375 g/mol. The molecule has 7 heteroatoms. The van der Waals surface area contributed by atoms with Crippen molar-refractivity contribution < 1.29 is 23.1 Å². The standard InChI is InChI=1S/C22H21FN2O4/c1-3-4-21(27)24-17-9-10-20(19(11-17)14(2)26)28-12-18-13-29-22(25-18)15-5-7-16(23)8-6-15/h5-11,13H,3-4,12H2,1-2H3,(H,24,27). The van der Waals surface area contributed by atoms with E-state index in [1.54, 1.807) is 30.3 Å². The number of carbonyl (C=O) groups is 2. The second-order valence-corrected chi connectivity index (χ2v) is 6.50. The highest BCUT2D eigenvalue weighted by Crippen LogP contribution is 2.25. The van der Waals surface area contributed by atoms with Crippen LogP contribution in [0.2, 0.25) is 0 Å². The molecule has 6 nitrogen and oxygen atoms in total. The minimum atomic E-state index is -0.338. The molecular formula is C22H21FN2O4. The Morgan fingerprint density at radius 2 is 1.93 bits per heavy atom. The van der Waals surface area contributed by atoms with Crippen LogP contribution >= 0.6 is 0 Å². The number of hydrogen-bond acceptors (Lipinski definition) is 5. The third kappa shape index (κ3) is 5.28. The van der Waals surface area contributed by atoms with Gasteiger partial charge in [-0.05, 0) is 55.8 Å². The first-order valence-corrected chi connectivity index (χ1v) is 9.24. The van der Waals surface area contributed by atoms with Crippen LogP contribution in [-0.4, -0.2) is 16.7 Å². The van der Waals surface area contributed by atoms with Crippen LogP contribution in [0.4, 0.5) is 10.1 Å². The van der Waals surface area contributed by atoms with Crippen molar-refractivity contribution in [2.24, 2.45) is 0 Å². The molecule has 1 aromatic heterocycles. The van der Waals surface area contributed by atoms with E-state index in [1.807, 2.05) is 6.92 Å². The van der Waals surface area contributed by atoms with E-state index < -0.39 is 0 Å². The Labute approximate surface area is 167 Å². The van der Waals surface area contributed by atoms with E-state index in [0.717, 1.165) is 6.42 Å². The number of Topliss-reactive ketones (excluding diaryl/α,β-unsaturated/α-hetero) is 1. The Bertz CT molecular complexity index is 1010. The van der Waals surface area contributed by atoms with E-state index in [9.17, 15) is 14.0 Å². The maximum Gasteiger partial charge on any atom is 0.226 e. The molecule has 1 amide bonds. The van der Waals surface area contributed by atoms with Gasteiger partial charge in [0.25, 0.3) is 0 Å². The molecule has 0 aliphatic carbocycles. The molecule has 0 bridgehead atoms. The van der Waals surface area contributed by atoms with Gasteiger partial charge in [-0.15, -0.1) is 0 Å². The Kier molecular flexibility index (Phi) is 6.39. The molecule has 0 radical (unpaired) electrons. The van der Waals surface area contributed by atoms with Gasteiger partial charge < -0.3 is 14.5 Å². The fourth-order valence-corrected chi connectivity index (χ4v) is 2.71. The largest absolute Gasteiger partial charge is 0.486 e. The van der Waals surface area contributed by atoms with Crippen LogP contribution in [0.3, 0.4) is 0 Å². The van der Waals surface area contributed by atoms with Crippen molar-refractivity contribution in [2.75, 3.05) is 5.32 Å². The molecule has 0 aliphatic rings. The molecule has 1 N–H and O–H groups in total. The maximum atomic E-state index is 13.0. The summed E-state index contributed by atoms with van der Waals surface area (Å²) in [6.45, 7) is 3.44. The zero-order chi connectivity index (χ0) is 20.8. The number of nitrogens with zero attached hydrogens (tertiary/aromatic N) is 1. The summed E-state index contributed by atoms with van der Waals surface area (Å²) in [6, 6.07) is 10.7. The number of aromatic nitrogens is 1. The third-order valence-electron chi connectivity index (χ3n) is 4.14. The number of carbonyl (C=O) groups excluding carboxylic acids is 2. The van der Waals surface area contributed by atoms with Gasteiger partial charge >= 0.3 is 0 Å². The molecule has 0 aliphatic heterocycles. The van der Waals surface area contributed by atoms with Gasteiger partial charge in [0.05, 0.1) is 5.56 Å². The lowest BCUT2D eigenvalue weighted by Gasteiger charge is -2.11. The van der Waals surface area contributed by atoms with E-state index in [4.69, 9.17) is 9.15 Å². The Morgan fingerprint density at radius 1 is 1.17 bits per heavy atom. The number of hydrogen-bond donors (Lipinski definition) is 1. The second-order valence-electron chi connectivity index (χ2n) is 6.50. The normalized spacial score (nSPS) is 10.6. The molecule has 0 saturated heterocycles. The van der Waals surface area contributed by atoms with Crippen molar-refractivity contribution in [1.82, 2.24) is 4.98 Å². The van der Waals surface area contributed by atoms with Gasteiger partial charge in [-0.2, -0.15) is 0 Å². The highest BCUT2D eigenvalue weighted by atomic mass is 19.1. The number of halogens is 1. The number of oxazole rings is 1. The van der Waals surface area contributed by atoms with Crippen LogP contribution in [0.5, 0.6) is 5.75 Å². The molecule has 150 valence electrons. The smallest absolute Gasteiger partial charge is 0.226 e. The lowest BCUT2D eigenvalue weighted by Crippen LogP contribution is -2.11. The van der Waals surface area contributed by atoms with Gasteiger partial charge in [0, 0.05) is 17.7 Å². The van der Waals surface area contributed by atoms with Crippen molar-refractivity contribution in [2.45, 2.75) is 33.3 Å². The summed E-state index contributed by atoms with van der Waals surface area (Å²) in [4.78, 5) is 28.1. The summed E-state index contributed by atoms with van der Waals surface area (Å²) in [6.07, 6.45) is 2.60. The fraction of sp³-hybridized carbons (Fsp3) is 0.227. The van der Waals surface area contributed by atoms with Crippen LogP contribution < -0.4 is 10.1 Å². The van der Waals surface area contributed by atoms with E-state index >= 15 is 0 Å². The summed E-state index contributed by atoms with van der Waals surface area (Å²) in [5.41, 5.74) is 2.08. The van der Waals surface area contributed by atoms with E-state index in [2.05, 4.69) is 10.3 Å². The average Bonchev–Trinajstić information content (AvgIpc) is 3.16. The monoisotopic (exact) mass is 396 g/mol. The van der Waals surface area contributed by atoms with Crippen molar-refractivity contribution in [1.29, 1.82) is 0 Å². The predicted molar refractivity (Wildman–Crippen MR) is 106 cm³/mol. The first-order chi connectivity index (χ1) is 14.0. The van der Waals surface area contributed by atoms with Crippen LogP contribution in [0.25, 0.3) is 11.5 Å². The number of nitrogens with one attached hydrogen (secondary N) is 1. The topological polar surface area (TPSA) is 81.4 Å². The highest BCUT2D eigenvalue weighted by molar-refractivity contribution is 5.99. The van der Waals surface area contributed by atoms with Crippen molar-refractivity contribution in [3.05, 3.63) is 65.8 Å². The van der Waals surface area contributed by atoms with Gasteiger partial charge in [0.1, 0.15) is 30.1 Å². The number of amides is 1. The number of ketones is 1.